The summed E-state index contributed by atoms with van der Waals surface area (Å²) >= 11 is 0. The lowest BCUT2D eigenvalue weighted by Crippen LogP contribution is -2.18. The maximum Gasteiger partial charge on any atom is 0.225 e. The van der Waals surface area contributed by atoms with E-state index in [0.717, 1.165) is 9.79 Å². The van der Waals surface area contributed by atoms with Gasteiger partial charge in [-0.1, -0.05) is 42.5 Å². The second-order valence-electron chi connectivity index (χ2n) is 5.70. The summed E-state index contributed by atoms with van der Waals surface area (Å²) in [5, 5.41) is 9.68. The lowest BCUT2D eigenvalue weighted by molar-refractivity contribution is 0.473. The van der Waals surface area contributed by atoms with Gasteiger partial charge in [-0.3, -0.25) is 0 Å². The molecule has 25 heavy (non-hydrogen) atoms. The van der Waals surface area contributed by atoms with Crippen LogP contribution in [0.1, 0.15) is 5.56 Å². The topological polar surface area (TPSA) is 54.4 Å². The molecule has 0 fully saturated rings. The van der Waals surface area contributed by atoms with Crippen LogP contribution >= 0.6 is 0 Å². The number of hydrogen-bond acceptors (Lipinski definition) is 3. The highest BCUT2D eigenvalue weighted by Crippen LogP contribution is 2.29. The highest BCUT2D eigenvalue weighted by molar-refractivity contribution is 8.10. The summed E-state index contributed by atoms with van der Waals surface area (Å²) in [7, 11) is -4.16. The molecular formula is C20H19O3S2+. The molecule has 0 amide bonds. The second-order valence-corrected chi connectivity index (χ2v) is 10.0. The van der Waals surface area contributed by atoms with E-state index in [9.17, 15) is 13.5 Å². The Kier molecular flexibility index (Phi) is 5.16. The fraction of sp³-hybridized carbons (Fsp3) is 0.100. The Hall–Kier alpha value is -2.24. The number of sulfone groups is 1. The lowest BCUT2D eigenvalue weighted by atomic mass is 10.2. The van der Waals surface area contributed by atoms with Crippen LogP contribution in [0, 0.1) is 6.92 Å². The normalized spacial score (nSPS) is 11.6. The quantitative estimate of drug-likeness (QED) is 0.685. The summed E-state index contributed by atoms with van der Waals surface area (Å²) in [5.41, 5.74) is 0.641. The number of phenolic OH excluding ortho intramolecular Hbond substituents is 1. The molecule has 0 bridgehead atoms. The number of benzene rings is 3. The van der Waals surface area contributed by atoms with Crippen LogP contribution in [0.15, 0.2) is 93.5 Å². The van der Waals surface area contributed by atoms with E-state index in [-0.39, 0.29) is 15.7 Å². The molecule has 3 aromatic rings. The van der Waals surface area contributed by atoms with E-state index in [4.69, 9.17) is 0 Å². The number of hydrogen-bond donors (Lipinski definition) is 1. The summed E-state index contributed by atoms with van der Waals surface area (Å²) in [4.78, 5) is 2.15. The number of rotatable bonds is 5. The molecule has 0 atom stereocenters. The predicted molar refractivity (Wildman–Crippen MR) is 102 cm³/mol. The maximum absolute atomic E-state index is 13.1. The van der Waals surface area contributed by atoms with E-state index in [0.29, 0.717) is 5.56 Å². The Bertz CT molecular complexity index is 913. The fourth-order valence-electron chi connectivity index (χ4n) is 2.58. The van der Waals surface area contributed by atoms with Crippen LogP contribution in [0.4, 0.5) is 0 Å². The summed E-state index contributed by atoms with van der Waals surface area (Å²) in [6.07, 6.45) is 0. The minimum absolute atomic E-state index is 0.0225. The van der Waals surface area contributed by atoms with Crippen molar-refractivity contribution >= 4 is 20.7 Å². The minimum atomic E-state index is -3.56. The van der Waals surface area contributed by atoms with Crippen LogP contribution in [0.5, 0.6) is 5.75 Å². The maximum atomic E-state index is 13.1. The van der Waals surface area contributed by atoms with Crippen LogP contribution in [-0.4, -0.2) is 18.6 Å². The molecular weight excluding hydrogens is 352 g/mol. The Balaban J connectivity index is 2.05. The molecule has 0 aromatic heterocycles. The molecule has 0 aliphatic heterocycles. The van der Waals surface area contributed by atoms with Crippen molar-refractivity contribution in [3.05, 3.63) is 84.4 Å². The van der Waals surface area contributed by atoms with Crippen LogP contribution in [0.25, 0.3) is 0 Å². The molecule has 1 N–H and O–H groups in total. The van der Waals surface area contributed by atoms with Gasteiger partial charge in [0, 0.05) is 0 Å². The largest absolute Gasteiger partial charge is 0.508 e. The average molecular weight is 372 g/mol. The monoisotopic (exact) mass is 371 g/mol. The molecule has 0 radical (unpaired) electrons. The van der Waals surface area contributed by atoms with Gasteiger partial charge in [0.2, 0.25) is 14.9 Å². The molecule has 0 unspecified atom stereocenters. The third-order valence-corrected chi connectivity index (χ3v) is 8.81. The van der Waals surface area contributed by atoms with Gasteiger partial charge in [0.25, 0.3) is 0 Å². The van der Waals surface area contributed by atoms with Crippen molar-refractivity contribution in [2.75, 3.05) is 5.08 Å². The van der Waals surface area contributed by atoms with Gasteiger partial charge in [0.15, 0.2) is 9.79 Å². The summed E-state index contributed by atoms with van der Waals surface area (Å²) < 4.78 is 26.1. The van der Waals surface area contributed by atoms with Gasteiger partial charge in [-0.25, -0.2) is 8.42 Å². The molecule has 5 heteroatoms. The first-order valence-electron chi connectivity index (χ1n) is 7.81. The molecule has 0 spiro atoms. The Morgan fingerprint density at radius 3 is 1.88 bits per heavy atom. The van der Waals surface area contributed by atoms with Crippen LogP contribution in [-0.2, 0) is 20.7 Å². The van der Waals surface area contributed by atoms with Gasteiger partial charge in [0.05, 0.1) is 15.8 Å². The lowest BCUT2D eigenvalue weighted by Gasteiger charge is -2.11. The molecule has 0 saturated carbocycles. The van der Waals surface area contributed by atoms with Crippen molar-refractivity contribution in [3.63, 3.8) is 0 Å². The average Bonchev–Trinajstić information content (AvgIpc) is 2.63. The highest BCUT2D eigenvalue weighted by Gasteiger charge is 2.33. The van der Waals surface area contributed by atoms with Crippen molar-refractivity contribution in [2.24, 2.45) is 0 Å². The Morgan fingerprint density at radius 2 is 1.36 bits per heavy atom. The fourth-order valence-corrected chi connectivity index (χ4v) is 7.52. The van der Waals surface area contributed by atoms with Crippen LogP contribution in [0.3, 0.4) is 0 Å². The number of aryl methyl sites for hydroxylation is 1. The van der Waals surface area contributed by atoms with Crippen molar-refractivity contribution in [2.45, 2.75) is 21.6 Å². The van der Waals surface area contributed by atoms with Crippen molar-refractivity contribution in [1.82, 2.24) is 0 Å². The van der Waals surface area contributed by atoms with Crippen molar-refractivity contribution < 1.29 is 13.5 Å². The Labute approximate surface area is 151 Å². The zero-order chi connectivity index (χ0) is 17.9. The van der Waals surface area contributed by atoms with E-state index in [1.807, 2.05) is 60.7 Å². The second kappa shape index (κ2) is 7.33. The summed E-state index contributed by atoms with van der Waals surface area (Å²) in [6, 6.07) is 23.8. The first-order chi connectivity index (χ1) is 12.0. The zero-order valence-electron chi connectivity index (χ0n) is 13.8. The van der Waals surface area contributed by atoms with Crippen molar-refractivity contribution in [3.8, 4) is 5.75 Å². The van der Waals surface area contributed by atoms with Crippen LogP contribution < -0.4 is 0 Å². The van der Waals surface area contributed by atoms with E-state index in [1.54, 1.807) is 13.0 Å². The molecule has 128 valence electrons. The SMILES string of the molecule is Cc1ccc(O)cc1S(=O)(=O)C[S+](c1ccccc1)c1ccccc1. The van der Waals surface area contributed by atoms with E-state index in [1.165, 1.54) is 12.1 Å². The molecule has 3 rings (SSSR count). The first kappa shape index (κ1) is 17.6. The molecule has 0 aliphatic carbocycles. The van der Waals surface area contributed by atoms with E-state index >= 15 is 0 Å². The van der Waals surface area contributed by atoms with Gasteiger partial charge in [-0.15, -0.1) is 0 Å². The third-order valence-electron chi connectivity index (χ3n) is 3.84. The number of aromatic hydroxyl groups is 1. The summed E-state index contributed by atoms with van der Waals surface area (Å²) in [6.45, 7) is 1.75. The van der Waals surface area contributed by atoms with Crippen LogP contribution in [0.2, 0.25) is 0 Å². The first-order valence-corrected chi connectivity index (χ1v) is 10.9. The van der Waals surface area contributed by atoms with Gasteiger partial charge >= 0.3 is 0 Å². The van der Waals surface area contributed by atoms with Gasteiger partial charge in [0.1, 0.15) is 5.75 Å². The molecule has 3 aromatic carbocycles. The smallest absolute Gasteiger partial charge is 0.225 e. The van der Waals surface area contributed by atoms with Gasteiger partial charge in [-0.2, -0.15) is 0 Å². The molecule has 3 nitrogen and oxygen atoms in total. The van der Waals surface area contributed by atoms with Gasteiger partial charge < -0.3 is 5.11 Å². The third kappa shape index (κ3) is 4.06. The van der Waals surface area contributed by atoms with E-state index < -0.39 is 20.7 Å². The molecule has 0 aliphatic rings. The minimum Gasteiger partial charge on any atom is -0.508 e. The van der Waals surface area contributed by atoms with E-state index in [2.05, 4.69) is 0 Å². The molecule has 0 saturated heterocycles. The molecule has 0 heterocycles. The summed E-state index contributed by atoms with van der Waals surface area (Å²) in [5.74, 6) is -0.0384. The standard InChI is InChI=1S/C20H18O3S2/c1-16-12-13-17(21)14-20(16)25(22,23)15-24(18-8-4-2-5-9-18)19-10-6-3-7-11-19/h2-14H,15H2,1H3/p+1. The zero-order valence-corrected chi connectivity index (χ0v) is 15.4. The predicted octanol–water partition coefficient (Wildman–Crippen LogP) is 4.17. The Morgan fingerprint density at radius 1 is 0.840 bits per heavy atom. The van der Waals surface area contributed by atoms with Crippen molar-refractivity contribution in [1.29, 1.82) is 0 Å². The van der Waals surface area contributed by atoms with Gasteiger partial charge in [-0.05, 0) is 48.9 Å². The highest BCUT2D eigenvalue weighted by atomic mass is 32.3. The number of phenols is 1.